The molecule has 144 valence electrons. The molecule has 8 heteroatoms. The molecule has 0 unspecified atom stereocenters. The molecule has 0 spiro atoms. The van der Waals surface area contributed by atoms with E-state index >= 15 is 0 Å². The lowest BCUT2D eigenvalue weighted by Gasteiger charge is -2.24. The number of thioether (sulfide) groups is 1. The van der Waals surface area contributed by atoms with E-state index < -0.39 is 30.0 Å². The maximum Gasteiger partial charge on any atom is 0.408 e. The molecule has 1 rings (SSSR count). The Labute approximate surface area is 158 Å². The van der Waals surface area contributed by atoms with Gasteiger partial charge in [0.05, 0.1) is 0 Å². The van der Waals surface area contributed by atoms with E-state index in [0.29, 0.717) is 12.2 Å². The molecule has 7 nitrogen and oxygen atoms in total. The summed E-state index contributed by atoms with van der Waals surface area (Å²) in [5.41, 5.74) is 6.19. The van der Waals surface area contributed by atoms with Gasteiger partial charge in [0.25, 0.3) is 0 Å². The van der Waals surface area contributed by atoms with Crippen molar-refractivity contribution in [1.82, 2.24) is 10.6 Å². The molecule has 0 radical (unpaired) electrons. The van der Waals surface area contributed by atoms with Crippen LogP contribution in [0.3, 0.4) is 0 Å². The number of benzene rings is 1. The van der Waals surface area contributed by atoms with Gasteiger partial charge in [-0.3, -0.25) is 9.59 Å². The topological polar surface area (TPSA) is 111 Å². The predicted octanol–water partition coefficient (Wildman–Crippen LogP) is 1.66. The third kappa shape index (κ3) is 7.77. The van der Waals surface area contributed by atoms with Gasteiger partial charge in [0.15, 0.2) is 0 Å². The zero-order chi connectivity index (χ0) is 19.5. The quantitative estimate of drug-likeness (QED) is 0.571. The normalized spacial score (nSPS) is 12.9. The van der Waals surface area contributed by atoms with Gasteiger partial charge < -0.3 is 21.1 Å². The summed E-state index contributed by atoms with van der Waals surface area (Å²) in [6.45, 7) is 3.70. The van der Waals surface area contributed by atoms with Crippen molar-refractivity contribution >= 4 is 29.7 Å². The molecule has 1 aromatic carbocycles. The second-order valence-electron chi connectivity index (χ2n) is 6.17. The molecule has 26 heavy (non-hydrogen) atoms. The first kappa shape index (κ1) is 21.8. The van der Waals surface area contributed by atoms with Crippen molar-refractivity contribution in [2.24, 2.45) is 11.7 Å². The average molecular weight is 381 g/mol. The van der Waals surface area contributed by atoms with Gasteiger partial charge in [-0.1, -0.05) is 44.2 Å². The Hall–Kier alpha value is -2.22. The van der Waals surface area contributed by atoms with Crippen LogP contribution in [0.1, 0.15) is 25.8 Å². The molecule has 0 heterocycles. The molecule has 0 aromatic heterocycles. The van der Waals surface area contributed by atoms with Gasteiger partial charge in [0.1, 0.15) is 18.7 Å². The molecule has 0 aliphatic rings. The third-order valence-electron chi connectivity index (χ3n) is 3.71. The summed E-state index contributed by atoms with van der Waals surface area (Å²) in [7, 11) is 0. The Morgan fingerprint density at radius 1 is 1.15 bits per heavy atom. The van der Waals surface area contributed by atoms with E-state index in [0.717, 1.165) is 5.56 Å². The van der Waals surface area contributed by atoms with Gasteiger partial charge in [-0.05, 0) is 29.9 Å². The molecule has 0 aliphatic heterocycles. The number of rotatable bonds is 10. The number of carbonyl (C=O) groups is 3. The van der Waals surface area contributed by atoms with Gasteiger partial charge in [-0.25, -0.2) is 4.79 Å². The molecule has 0 bridgehead atoms. The number of carbonyl (C=O) groups excluding carboxylic acids is 3. The van der Waals surface area contributed by atoms with Crippen molar-refractivity contribution in [2.45, 2.75) is 39.0 Å². The highest BCUT2D eigenvalue weighted by Crippen LogP contribution is 2.07. The maximum atomic E-state index is 12.5. The summed E-state index contributed by atoms with van der Waals surface area (Å²) in [6, 6.07) is 7.65. The maximum absolute atomic E-state index is 12.5. The Balaban J connectivity index is 2.61. The molecule has 2 atom stereocenters. The first-order valence-corrected chi connectivity index (χ1v) is 9.80. The summed E-state index contributed by atoms with van der Waals surface area (Å²) in [5.74, 6) is -0.552. The van der Waals surface area contributed by atoms with Gasteiger partial charge in [-0.2, -0.15) is 11.8 Å². The van der Waals surface area contributed by atoms with Crippen LogP contribution < -0.4 is 16.4 Å². The lowest BCUT2D eigenvalue weighted by Crippen LogP contribution is -2.54. The van der Waals surface area contributed by atoms with Crippen LogP contribution in [0.25, 0.3) is 0 Å². The first-order chi connectivity index (χ1) is 12.3. The van der Waals surface area contributed by atoms with Crippen LogP contribution in [0.4, 0.5) is 4.79 Å². The molecule has 4 N–H and O–H groups in total. The molecule has 0 fully saturated rings. The summed E-state index contributed by atoms with van der Waals surface area (Å²) >= 11 is 1.56. The van der Waals surface area contributed by atoms with Crippen molar-refractivity contribution < 1.29 is 19.1 Å². The highest BCUT2D eigenvalue weighted by molar-refractivity contribution is 7.98. The second kappa shape index (κ2) is 11.4. The van der Waals surface area contributed by atoms with Crippen LogP contribution in [-0.2, 0) is 20.9 Å². The Morgan fingerprint density at radius 3 is 2.35 bits per heavy atom. The highest BCUT2D eigenvalue weighted by Gasteiger charge is 2.28. The number of primary amides is 1. The first-order valence-electron chi connectivity index (χ1n) is 8.41. The molecule has 0 saturated heterocycles. The molecule has 3 amide bonds. The minimum atomic E-state index is -0.825. The number of ether oxygens (including phenoxy) is 1. The number of nitrogens with one attached hydrogen (secondary N) is 2. The fourth-order valence-electron chi connectivity index (χ4n) is 2.21. The summed E-state index contributed by atoms with van der Waals surface area (Å²) in [6.07, 6.45) is 1.65. The molecular weight excluding hydrogens is 354 g/mol. The van der Waals surface area contributed by atoms with E-state index in [4.69, 9.17) is 10.5 Å². The van der Waals surface area contributed by atoms with Crippen LogP contribution in [0, 0.1) is 5.92 Å². The van der Waals surface area contributed by atoms with Crippen molar-refractivity contribution in [3.05, 3.63) is 35.9 Å². The number of hydrogen-bond acceptors (Lipinski definition) is 5. The van der Waals surface area contributed by atoms with E-state index in [2.05, 4.69) is 10.6 Å². The number of nitrogens with two attached hydrogens (primary N) is 1. The van der Waals surface area contributed by atoms with Crippen LogP contribution >= 0.6 is 11.8 Å². The second-order valence-corrected chi connectivity index (χ2v) is 7.16. The standard InChI is InChI=1S/C18H27N3O4S/c1-12(2)15(17(23)20-14(16(19)22)9-10-26-3)21-18(24)25-11-13-7-5-4-6-8-13/h4-8,12,14-15H,9-11H2,1-3H3,(H2,19,22)(H,20,23)(H,21,24)/t14-,15-/m0/s1. The van der Waals surface area contributed by atoms with Crippen molar-refractivity contribution in [3.8, 4) is 0 Å². The van der Waals surface area contributed by atoms with Gasteiger partial charge in [0, 0.05) is 0 Å². The highest BCUT2D eigenvalue weighted by atomic mass is 32.2. The van der Waals surface area contributed by atoms with Gasteiger partial charge in [-0.15, -0.1) is 0 Å². The Morgan fingerprint density at radius 2 is 1.81 bits per heavy atom. The Bertz CT molecular complexity index is 595. The fourth-order valence-corrected chi connectivity index (χ4v) is 2.68. The summed E-state index contributed by atoms with van der Waals surface area (Å²) in [4.78, 5) is 36.0. The molecule has 1 aromatic rings. The average Bonchev–Trinajstić information content (AvgIpc) is 2.61. The van der Waals surface area contributed by atoms with Crippen molar-refractivity contribution in [2.75, 3.05) is 12.0 Å². The lowest BCUT2D eigenvalue weighted by atomic mass is 10.0. The third-order valence-corrected chi connectivity index (χ3v) is 4.35. The minimum absolute atomic E-state index is 0.108. The van der Waals surface area contributed by atoms with Crippen molar-refractivity contribution in [1.29, 1.82) is 0 Å². The summed E-state index contributed by atoms with van der Waals surface area (Å²) in [5, 5.41) is 5.17. The lowest BCUT2D eigenvalue weighted by molar-refractivity contribution is -0.129. The van der Waals surface area contributed by atoms with Crippen LogP contribution in [0.5, 0.6) is 0 Å². The molecule has 0 saturated carbocycles. The van der Waals surface area contributed by atoms with Gasteiger partial charge >= 0.3 is 6.09 Å². The monoisotopic (exact) mass is 381 g/mol. The fraction of sp³-hybridized carbons (Fsp3) is 0.500. The molecule has 0 aliphatic carbocycles. The van der Waals surface area contributed by atoms with Crippen molar-refractivity contribution in [3.63, 3.8) is 0 Å². The van der Waals surface area contributed by atoms with Crippen LogP contribution in [0.2, 0.25) is 0 Å². The van der Waals surface area contributed by atoms with E-state index in [9.17, 15) is 14.4 Å². The van der Waals surface area contributed by atoms with E-state index in [-0.39, 0.29) is 12.5 Å². The van der Waals surface area contributed by atoms with E-state index in [1.807, 2.05) is 36.6 Å². The molecular formula is C18H27N3O4S. The van der Waals surface area contributed by atoms with Crippen LogP contribution in [-0.4, -0.2) is 42.0 Å². The zero-order valence-corrected chi connectivity index (χ0v) is 16.2. The number of amides is 3. The Kier molecular flexibility index (Phi) is 9.57. The largest absolute Gasteiger partial charge is 0.445 e. The SMILES string of the molecule is CSCC[C@H](NC(=O)[C@@H](NC(=O)OCc1ccccc1)C(C)C)C(N)=O. The van der Waals surface area contributed by atoms with Gasteiger partial charge in [0.2, 0.25) is 11.8 Å². The van der Waals surface area contributed by atoms with E-state index in [1.165, 1.54) is 0 Å². The minimum Gasteiger partial charge on any atom is -0.445 e. The summed E-state index contributed by atoms with van der Waals surface area (Å²) < 4.78 is 5.15. The van der Waals surface area contributed by atoms with Crippen LogP contribution in [0.15, 0.2) is 30.3 Å². The predicted molar refractivity (Wildman–Crippen MR) is 103 cm³/mol. The number of hydrogen-bond donors (Lipinski definition) is 3. The smallest absolute Gasteiger partial charge is 0.408 e. The van der Waals surface area contributed by atoms with E-state index in [1.54, 1.807) is 25.6 Å². The number of alkyl carbamates (subject to hydrolysis) is 1. The zero-order valence-electron chi connectivity index (χ0n) is 15.4.